The van der Waals surface area contributed by atoms with E-state index in [0.717, 1.165) is 21.5 Å². The van der Waals surface area contributed by atoms with Gasteiger partial charge in [0.1, 0.15) is 0 Å². The Hall–Kier alpha value is -0.0900. The summed E-state index contributed by atoms with van der Waals surface area (Å²) in [6.07, 6.45) is 0.849. The summed E-state index contributed by atoms with van der Waals surface area (Å²) in [4.78, 5) is 0. The third-order valence-corrected chi connectivity index (χ3v) is 4.20. The first kappa shape index (κ1) is 15.0. The molecule has 0 aliphatic rings. The van der Waals surface area contributed by atoms with Crippen molar-refractivity contribution in [2.24, 2.45) is 17.7 Å². The highest BCUT2D eigenvalue weighted by atomic mass is 79.9. The lowest BCUT2D eigenvalue weighted by Gasteiger charge is -2.26. The Balaban J connectivity index is 2.80. The number of hydrazine groups is 1. The molecule has 0 amide bonds. The van der Waals surface area contributed by atoms with Crippen LogP contribution in [0.5, 0.6) is 0 Å². The summed E-state index contributed by atoms with van der Waals surface area (Å²) in [5, 5.41) is 0.788. The zero-order valence-electron chi connectivity index (χ0n) is 10.5. The van der Waals surface area contributed by atoms with Gasteiger partial charge in [-0.25, -0.2) is 0 Å². The van der Waals surface area contributed by atoms with Crippen LogP contribution in [0.2, 0.25) is 5.02 Å². The molecule has 0 aliphatic carbocycles. The predicted molar refractivity (Wildman–Crippen MR) is 78.0 cm³/mol. The third kappa shape index (κ3) is 4.25. The molecule has 0 bridgehead atoms. The fourth-order valence-electron chi connectivity index (χ4n) is 1.79. The number of halogens is 2. The maximum Gasteiger partial charge on any atom is 0.0449 e. The van der Waals surface area contributed by atoms with Gasteiger partial charge in [-0.15, -0.1) is 0 Å². The predicted octanol–water partition coefficient (Wildman–Crippen LogP) is 3.77. The van der Waals surface area contributed by atoms with Crippen molar-refractivity contribution in [2.45, 2.75) is 33.2 Å². The summed E-state index contributed by atoms with van der Waals surface area (Å²) >= 11 is 9.62. The number of nitrogens with one attached hydrogen (secondary N) is 1. The molecule has 17 heavy (non-hydrogen) atoms. The lowest BCUT2D eigenvalue weighted by molar-refractivity contribution is 0.299. The van der Waals surface area contributed by atoms with Gasteiger partial charge in [0.05, 0.1) is 0 Å². The molecule has 0 radical (unpaired) electrons. The molecule has 1 aromatic rings. The SMILES string of the molecule is CC(C)C(C)C(Cc1ccc(Br)cc1Cl)NN. The second kappa shape index (κ2) is 6.74. The Morgan fingerprint density at radius 3 is 2.47 bits per heavy atom. The van der Waals surface area contributed by atoms with Gasteiger partial charge in [0.25, 0.3) is 0 Å². The van der Waals surface area contributed by atoms with Crippen LogP contribution in [0.15, 0.2) is 22.7 Å². The minimum absolute atomic E-state index is 0.244. The Kier molecular flexibility index (Phi) is 5.93. The molecular weight excluding hydrogens is 300 g/mol. The number of hydrogen-bond donors (Lipinski definition) is 2. The Morgan fingerprint density at radius 2 is 2.00 bits per heavy atom. The van der Waals surface area contributed by atoms with Crippen molar-refractivity contribution < 1.29 is 0 Å². The van der Waals surface area contributed by atoms with Gasteiger partial charge in [0, 0.05) is 15.5 Å². The summed E-state index contributed by atoms with van der Waals surface area (Å²) < 4.78 is 1.00. The molecule has 1 rings (SSSR count). The average Bonchev–Trinajstić information content (AvgIpc) is 2.27. The molecule has 2 atom stereocenters. The Labute approximate surface area is 117 Å². The van der Waals surface area contributed by atoms with E-state index < -0.39 is 0 Å². The molecule has 0 spiro atoms. The Morgan fingerprint density at radius 1 is 1.35 bits per heavy atom. The molecule has 0 aliphatic heterocycles. The van der Waals surface area contributed by atoms with E-state index in [1.54, 1.807) is 0 Å². The van der Waals surface area contributed by atoms with Crippen molar-refractivity contribution >= 4 is 27.5 Å². The van der Waals surface area contributed by atoms with Crippen molar-refractivity contribution in [3.63, 3.8) is 0 Å². The van der Waals surface area contributed by atoms with E-state index in [0.29, 0.717) is 11.8 Å². The molecule has 1 aromatic carbocycles. The first-order valence-corrected chi connectivity index (χ1v) is 7.02. The van der Waals surface area contributed by atoms with Gasteiger partial charge in [-0.1, -0.05) is 54.4 Å². The molecule has 0 aromatic heterocycles. The Bertz CT molecular complexity index is 368. The molecule has 0 heterocycles. The van der Waals surface area contributed by atoms with E-state index in [4.69, 9.17) is 17.4 Å². The zero-order valence-corrected chi connectivity index (χ0v) is 12.8. The van der Waals surface area contributed by atoms with Crippen LogP contribution in [0, 0.1) is 11.8 Å². The molecule has 4 heteroatoms. The van der Waals surface area contributed by atoms with Gasteiger partial charge in [0.2, 0.25) is 0 Å². The van der Waals surface area contributed by atoms with Crippen LogP contribution in [-0.2, 0) is 6.42 Å². The molecular formula is C13H20BrClN2. The lowest BCUT2D eigenvalue weighted by Crippen LogP contribution is -2.43. The fourth-order valence-corrected chi connectivity index (χ4v) is 2.54. The molecule has 2 nitrogen and oxygen atoms in total. The van der Waals surface area contributed by atoms with Gasteiger partial charge in [-0.05, 0) is 36.0 Å². The van der Waals surface area contributed by atoms with Gasteiger partial charge in [-0.2, -0.15) is 0 Å². The minimum Gasteiger partial charge on any atom is -0.271 e. The second-order valence-corrected chi connectivity index (χ2v) is 6.14. The topological polar surface area (TPSA) is 38.0 Å². The first-order valence-electron chi connectivity index (χ1n) is 5.85. The average molecular weight is 320 g/mol. The van der Waals surface area contributed by atoms with E-state index in [1.165, 1.54) is 0 Å². The van der Waals surface area contributed by atoms with Gasteiger partial charge in [-0.3, -0.25) is 11.3 Å². The normalized spacial score (nSPS) is 15.0. The van der Waals surface area contributed by atoms with Crippen molar-refractivity contribution in [3.8, 4) is 0 Å². The summed E-state index contributed by atoms with van der Waals surface area (Å²) in [5.74, 6) is 6.72. The largest absolute Gasteiger partial charge is 0.271 e. The van der Waals surface area contributed by atoms with E-state index in [9.17, 15) is 0 Å². The number of rotatable bonds is 5. The monoisotopic (exact) mass is 318 g/mol. The second-order valence-electron chi connectivity index (χ2n) is 4.82. The highest BCUT2D eigenvalue weighted by Gasteiger charge is 2.20. The van der Waals surface area contributed by atoms with Gasteiger partial charge < -0.3 is 0 Å². The van der Waals surface area contributed by atoms with E-state index >= 15 is 0 Å². The van der Waals surface area contributed by atoms with Crippen LogP contribution in [-0.4, -0.2) is 6.04 Å². The summed E-state index contributed by atoms with van der Waals surface area (Å²) in [6, 6.07) is 6.22. The van der Waals surface area contributed by atoms with Gasteiger partial charge in [0.15, 0.2) is 0 Å². The van der Waals surface area contributed by atoms with Crippen LogP contribution in [0.1, 0.15) is 26.3 Å². The maximum atomic E-state index is 6.22. The van der Waals surface area contributed by atoms with E-state index in [2.05, 4.69) is 42.1 Å². The molecule has 0 fully saturated rings. The summed E-state index contributed by atoms with van der Waals surface area (Å²) in [5.41, 5.74) is 4.03. The highest BCUT2D eigenvalue weighted by molar-refractivity contribution is 9.10. The quantitative estimate of drug-likeness (QED) is 0.640. The van der Waals surface area contributed by atoms with Crippen molar-refractivity contribution in [1.29, 1.82) is 0 Å². The molecule has 3 N–H and O–H groups in total. The fraction of sp³-hybridized carbons (Fsp3) is 0.538. The highest BCUT2D eigenvalue weighted by Crippen LogP contribution is 2.25. The standard InChI is InChI=1S/C13H20BrClN2/c1-8(2)9(3)13(17-16)6-10-4-5-11(14)7-12(10)15/h4-5,7-9,13,17H,6,16H2,1-3H3. The molecule has 2 unspecified atom stereocenters. The van der Waals surface area contributed by atoms with E-state index in [1.807, 2.05) is 18.2 Å². The molecule has 0 saturated heterocycles. The van der Waals surface area contributed by atoms with Gasteiger partial charge >= 0.3 is 0 Å². The number of hydrogen-bond acceptors (Lipinski definition) is 2. The number of benzene rings is 1. The van der Waals surface area contributed by atoms with Crippen LogP contribution in [0.3, 0.4) is 0 Å². The van der Waals surface area contributed by atoms with E-state index in [-0.39, 0.29) is 6.04 Å². The minimum atomic E-state index is 0.244. The smallest absolute Gasteiger partial charge is 0.0449 e. The summed E-state index contributed by atoms with van der Waals surface area (Å²) in [7, 11) is 0. The molecule has 96 valence electrons. The molecule has 0 saturated carbocycles. The van der Waals surface area contributed by atoms with Crippen LogP contribution >= 0.6 is 27.5 Å². The van der Waals surface area contributed by atoms with Crippen LogP contribution in [0.25, 0.3) is 0 Å². The van der Waals surface area contributed by atoms with Crippen molar-refractivity contribution in [1.82, 2.24) is 5.43 Å². The van der Waals surface area contributed by atoms with Crippen molar-refractivity contribution in [2.75, 3.05) is 0 Å². The lowest BCUT2D eigenvalue weighted by atomic mass is 9.87. The number of nitrogens with two attached hydrogens (primary N) is 1. The maximum absolute atomic E-state index is 6.22. The summed E-state index contributed by atoms with van der Waals surface area (Å²) in [6.45, 7) is 6.62. The van der Waals surface area contributed by atoms with Crippen molar-refractivity contribution in [3.05, 3.63) is 33.3 Å². The zero-order chi connectivity index (χ0) is 13.0. The third-order valence-electron chi connectivity index (χ3n) is 3.36. The van der Waals surface area contributed by atoms with Crippen LogP contribution in [0.4, 0.5) is 0 Å². The van der Waals surface area contributed by atoms with Crippen LogP contribution < -0.4 is 11.3 Å². The first-order chi connectivity index (χ1) is 7.95.